The van der Waals surface area contributed by atoms with E-state index >= 15 is 0 Å². The molecule has 1 saturated heterocycles. The zero-order chi connectivity index (χ0) is 9.60. The topological polar surface area (TPSA) is 51.0 Å². The van der Waals surface area contributed by atoms with Crippen LogP contribution in [-0.4, -0.2) is 23.3 Å². The Hall–Kier alpha value is -0.900. The lowest BCUT2D eigenvalue weighted by Gasteiger charge is -2.22. The van der Waals surface area contributed by atoms with Gasteiger partial charge in [-0.25, -0.2) is 0 Å². The monoisotopic (exact) mass is 193 g/mol. The summed E-state index contributed by atoms with van der Waals surface area (Å²) in [6, 6.07) is 0. The van der Waals surface area contributed by atoms with Gasteiger partial charge in [-0.15, -0.1) is 10.2 Å². The molecule has 0 amide bonds. The van der Waals surface area contributed by atoms with Crippen LogP contribution in [0.2, 0.25) is 0 Å². The fraction of sp³-hybridized carbons (Fsp3) is 0.800. The van der Waals surface area contributed by atoms with Gasteiger partial charge in [-0.3, -0.25) is 0 Å². The minimum Gasteiger partial charge on any atom is -0.425 e. The molecule has 76 valence electrons. The highest BCUT2D eigenvalue weighted by Gasteiger charge is 2.57. The molecule has 4 nitrogen and oxygen atoms in total. The van der Waals surface area contributed by atoms with E-state index in [0.29, 0.717) is 17.2 Å². The van der Waals surface area contributed by atoms with E-state index < -0.39 is 0 Å². The third kappa shape index (κ3) is 1.17. The molecule has 1 spiro atoms. The minimum absolute atomic E-state index is 0.504. The molecule has 0 bridgehead atoms. The van der Waals surface area contributed by atoms with Crippen molar-refractivity contribution >= 4 is 0 Å². The largest absolute Gasteiger partial charge is 0.425 e. The molecule has 1 atom stereocenters. The molecule has 0 aromatic carbocycles. The van der Waals surface area contributed by atoms with Crippen LogP contribution in [-0.2, 0) is 0 Å². The number of aryl methyl sites for hydroxylation is 1. The molecule has 2 heterocycles. The van der Waals surface area contributed by atoms with Gasteiger partial charge in [0.25, 0.3) is 0 Å². The van der Waals surface area contributed by atoms with Crippen molar-refractivity contribution in [2.24, 2.45) is 5.41 Å². The summed E-state index contributed by atoms with van der Waals surface area (Å²) in [7, 11) is 0. The average molecular weight is 193 g/mol. The van der Waals surface area contributed by atoms with Crippen molar-refractivity contribution in [1.29, 1.82) is 0 Å². The highest BCUT2D eigenvalue weighted by molar-refractivity contribution is 5.17. The molecule has 2 aliphatic rings. The Morgan fingerprint density at radius 2 is 2.14 bits per heavy atom. The predicted molar refractivity (Wildman–Crippen MR) is 50.9 cm³/mol. The Morgan fingerprint density at radius 1 is 1.36 bits per heavy atom. The molecule has 1 N–H and O–H groups in total. The first-order chi connectivity index (χ1) is 6.80. The summed E-state index contributed by atoms with van der Waals surface area (Å²) in [6.45, 7) is 4.14. The van der Waals surface area contributed by atoms with E-state index in [2.05, 4.69) is 15.5 Å². The third-order valence-electron chi connectivity index (χ3n) is 3.63. The van der Waals surface area contributed by atoms with E-state index in [0.717, 1.165) is 19.0 Å². The summed E-state index contributed by atoms with van der Waals surface area (Å²) in [4.78, 5) is 0. The van der Waals surface area contributed by atoms with Crippen molar-refractivity contribution in [2.45, 2.75) is 32.1 Å². The number of rotatable bonds is 1. The molecule has 1 aliphatic heterocycles. The summed E-state index contributed by atoms with van der Waals surface area (Å²) >= 11 is 0. The van der Waals surface area contributed by atoms with Gasteiger partial charge in [0.2, 0.25) is 11.8 Å². The van der Waals surface area contributed by atoms with Crippen LogP contribution in [0.25, 0.3) is 0 Å². The van der Waals surface area contributed by atoms with Gasteiger partial charge < -0.3 is 9.73 Å². The van der Waals surface area contributed by atoms with Crippen LogP contribution in [0.1, 0.15) is 37.0 Å². The first-order valence-electron chi connectivity index (χ1n) is 5.31. The van der Waals surface area contributed by atoms with E-state index in [1.807, 2.05) is 6.92 Å². The van der Waals surface area contributed by atoms with Gasteiger partial charge in [0, 0.05) is 12.8 Å². The maximum atomic E-state index is 5.49. The Labute approximate surface area is 83.1 Å². The Morgan fingerprint density at radius 3 is 2.79 bits per heavy atom. The van der Waals surface area contributed by atoms with E-state index in [9.17, 15) is 0 Å². The number of piperidine rings is 1. The molecule has 2 fully saturated rings. The highest BCUT2D eigenvalue weighted by Crippen LogP contribution is 2.63. The summed E-state index contributed by atoms with van der Waals surface area (Å²) in [6.07, 6.45) is 3.77. The number of nitrogens with zero attached hydrogens (tertiary/aromatic N) is 2. The molecule has 1 saturated carbocycles. The standard InChI is InChI=1S/C10H15N3O/c1-7-12-13-9(14-7)8-6-10(8)2-4-11-5-3-10/h8,11H,2-6H2,1H3/t8-/m1/s1. The quantitative estimate of drug-likeness (QED) is 0.729. The molecule has 0 unspecified atom stereocenters. The second kappa shape index (κ2) is 2.79. The molecule has 1 aromatic heterocycles. The summed E-state index contributed by atoms with van der Waals surface area (Å²) in [5.74, 6) is 2.10. The molecule has 4 heteroatoms. The summed E-state index contributed by atoms with van der Waals surface area (Å²) in [5, 5.41) is 11.4. The van der Waals surface area contributed by atoms with Crippen LogP contribution in [0.5, 0.6) is 0 Å². The highest BCUT2D eigenvalue weighted by atomic mass is 16.4. The van der Waals surface area contributed by atoms with Gasteiger partial charge in [-0.1, -0.05) is 0 Å². The lowest BCUT2D eigenvalue weighted by atomic mass is 9.92. The molecular weight excluding hydrogens is 178 g/mol. The van der Waals surface area contributed by atoms with E-state index in [1.165, 1.54) is 19.3 Å². The lowest BCUT2D eigenvalue weighted by Crippen LogP contribution is -2.29. The maximum Gasteiger partial charge on any atom is 0.220 e. The van der Waals surface area contributed by atoms with Crippen LogP contribution in [0.15, 0.2) is 4.42 Å². The van der Waals surface area contributed by atoms with Crippen molar-refractivity contribution in [3.8, 4) is 0 Å². The van der Waals surface area contributed by atoms with Crippen molar-refractivity contribution in [3.05, 3.63) is 11.8 Å². The van der Waals surface area contributed by atoms with E-state index in [-0.39, 0.29) is 0 Å². The van der Waals surface area contributed by atoms with Crippen LogP contribution in [0, 0.1) is 12.3 Å². The third-order valence-corrected chi connectivity index (χ3v) is 3.63. The Bertz CT molecular complexity index is 341. The summed E-state index contributed by atoms with van der Waals surface area (Å²) in [5.41, 5.74) is 0.504. The summed E-state index contributed by atoms with van der Waals surface area (Å²) < 4.78 is 5.49. The van der Waals surface area contributed by atoms with Gasteiger partial charge in [0.1, 0.15) is 0 Å². The van der Waals surface area contributed by atoms with Gasteiger partial charge in [-0.2, -0.15) is 0 Å². The first kappa shape index (κ1) is 8.41. The molecule has 3 rings (SSSR count). The number of aromatic nitrogens is 2. The Kier molecular flexibility index (Phi) is 1.68. The SMILES string of the molecule is Cc1nnc([C@H]2CC23CCNCC3)o1. The van der Waals surface area contributed by atoms with Crippen LogP contribution >= 0.6 is 0 Å². The fourth-order valence-corrected chi connectivity index (χ4v) is 2.63. The zero-order valence-corrected chi connectivity index (χ0v) is 8.42. The predicted octanol–water partition coefficient (Wildman–Crippen LogP) is 1.24. The van der Waals surface area contributed by atoms with Crippen molar-refractivity contribution in [1.82, 2.24) is 15.5 Å². The molecule has 1 aromatic rings. The number of hydrogen-bond acceptors (Lipinski definition) is 4. The molecule has 0 radical (unpaired) electrons. The molecule has 1 aliphatic carbocycles. The second-order valence-corrected chi connectivity index (χ2v) is 4.53. The molecule has 14 heavy (non-hydrogen) atoms. The fourth-order valence-electron chi connectivity index (χ4n) is 2.63. The maximum absolute atomic E-state index is 5.49. The van der Waals surface area contributed by atoms with E-state index in [1.54, 1.807) is 0 Å². The van der Waals surface area contributed by atoms with Crippen molar-refractivity contribution in [3.63, 3.8) is 0 Å². The number of hydrogen-bond donors (Lipinski definition) is 1. The normalized spacial score (nSPS) is 29.4. The second-order valence-electron chi connectivity index (χ2n) is 4.53. The van der Waals surface area contributed by atoms with Crippen LogP contribution in [0.3, 0.4) is 0 Å². The lowest BCUT2D eigenvalue weighted by molar-refractivity contribution is 0.326. The zero-order valence-electron chi connectivity index (χ0n) is 8.42. The molecular formula is C10H15N3O. The van der Waals surface area contributed by atoms with Crippen LogP contribution < -0.4 is 5.32 Å². The van der Waals surface area contributed by atoms with Gasteiger partial charge in [0.05, 0.1) is 0 Å². The first-order valence-corrected chi connectivity index (χ1v) is 5.31. The minimum atomic E-state index is 0.504. The Balaban J connectivity index is 1.77. The van der Waals surface area contributed by atoms with Crippen molar-refractivity contribution in [2.75, 3.05) is 13.1 Å². The van der Waals surface area contributed by atoms with E-state index in [4.69, 9.17) is 4.42 Å². The smallest absolute Gasteiger partial charge is 0.220 e. The van der Waals surface area contributed by atoms with Crippen LogP contribution in [0.4, 0.5) is 0 Å². The van der Waals surface area contributed by atoms with Gasteiger partial charge >= 0.3 is 0 Å². The van der Waals surface area contributed by atoms with Gasteiger partial charge in [0.15, 0.2) is 0 Å². The van der Waals surface area contributed by atoms with Gasteiger partial charge in [-0.05, 0) is 37.8 Å². The van der Waals surface area contributed by atoms with Crippen molar-refractivity contribution < 1.29 is 4.42 Å². The average Bonchev–Trinajstić information content (AvgIpc) is 2.70. The number of nitrogens with one attached hydrogen (secondary N) is 1.